The van der Waals surface area contributed by atoms with Crippen LogP contribution in [0.15, 0.2) is 61.2 Å². The number of carbonyl (C=O) groups is 2. The Morgan fingerprint density at radius 1 is 1.14 bits per heavy atom. The molecule has 0 spiro atoms. The van der Waals surface area contributed by atoms with Gasteiger partial charge < -0.3 is 15.0 Å². The molecule has 0 aliphatic carbocycles. The Morgan fingerprint density at radius 2 is 2.03 bits per heavy atom. The van der Waals surface area contributed by atoms with Crippen LogP contribution in [-0.4, -0.2) is 54.7 Å². The number of fused-ring (bicyclic) bond motifs is 1. The molecule has 0 saturated heterocycles. The van der Waals surface area contributed by atoms with Gasteiger partial charge in [0.1, 0.15) is 5.69 Å². The van der Waals surface area contributed by atoms with E-state index in [1.165, 1.54) is 6.92 Å². The summed E-state index contributed by atoms with van der Waals surface area (Å²) in [6.45, 7) is 4.91. The number of aromatic nitrogens is 5. The minimum Gasteiger partial charge on any atom is -0.456 e. The van der Waals surface area contributed by atoms with Crippen molar-refractivity contribution in [1.82, 2.24) is 29.6 Å². The lowest BCUT2D eigenvalue weighted by molar-refractivity contribution is -0.150. The Morgan fingerprint density at radius 3 is 2.81 bits per heavy atom. The lowest BCUT2D eigenvalue weighted by Gasteiger charge is -2.29. The molecule has 0 saturated carbocycles. The van der Waals surface area contributed by atoms with Crippen molar-refractivity contribution in [1.29, 1.82) is 0 Å². The number of nitrogens with one attached hydrogen (secondary N) is 1. The van der Waals surface area contributed by atoms with Crippen LogP contribution in [0.4, 0.5) is 11.6 Å². The average molecular weight is 498 g/mol. The van der Waals surface area contributed by atoms with Crippen molar-refractivity contribution in [2.24, 2.45) is 0 Å². The van der Waals surface area contributed by atoms with Gasteiger partial charge in [0.2, 0.25) is 5.95 Å². The number of hydrogen-bond acceptors (Lipinski definition) is 8. The number of rotatable bonds is 7. The molecule has 4 aromatic rings. The van der Waals surface area contributed by atoms with Gasteiger partial charge in [-0.3, -0.25) is 19.3 Å². The number of anilines is 2. The van der Waals surface area contributed by atoms with Crippen LogP contribution in [0, 0.1) is 0 Å². The molecule has 0 radical (unpaired) electrons. The molecule has 10 heteroatoms. The van der Waals surface area contributed by atoms with E-state index in [2.05, 4.69) is 21.4 Å². The normalized spacial score (nSPS) is 12.6. The summed E-state index contributed by atoms with van der Waals surface area (Å²) in [6.07, 6.45) is 7.96. The molecule has 0 bridgehead atoms. The van der Waals surface area contributed by atoms with E-state index < -0.39 is 5.97 Å². The monoisotopic (exact) mass is 497 g/mol. The van der Waals surface area contributed by atoms with Gasteiger partial charge in [-0.05, 0) is 54.8 Å². The summed E-state index contributed by atoms with van der Waals surface area (Å²) < 4.78 is 6.74. The van der Waals surface area contributed by atoms with Crippen LogP contribution in [0.3, 0.4) is 0 Å². The van der Waals surface area contributed by atoms with Gasteiger partial charge >= 0.3 is 5.97 Å². The first-order chi connectivity index (χ1) is 18.0. The molecule has 10 nitrogen and oxygen atoms in total. The van der Waals surface area contributed by atoms with Crippen LogP contribution < -0.4 is 5.32 Å². The lowest BCUT2D eigenvalue weighted by Crippen LogP contribution is -2.38. The van der Waals surface area contributed by atoms with E-state index in [-0.39, 0.29) is 12.5 Å². The quantitative estimate of drug-likeness (QED) is 0.385. The van der Waals surface area contributed by atoms with Crippen LogP contribution >= 0.6 is 0 Å². The van der Waals surface area contributed by atoms with Crippen LogP contribution in [-0.2, 0) is 33.8 Å². The molecule has 0 fully saturated rings. The molecule has 1 aromatic carbocycles. The topological polar surface area (TPSA) is 115 Å². The highest BCUT2D eigenvalue weighted by molar-refractivity contribution is 5.80. The Bertz CT molecular complexity index is 1440. The van der Waals surface area contributed by atoms with Gasteiger partial charge in [0, 0.05) is 68.2 Å². The first kappa shape index (κ1) is 24.1. The summed E-state index contributed by atoms with van der Waals surface area (Å²) in [7, 11) is 0. The van der Waals surface area contributed by atoms with Crippen molar-refractivity contribution in [3.8, 4) is 22.5 Å². The Balaban J connectivity index is 1.34. The Hall–Kier alpha value is -4.60. The lowest BCUT2D eigenvalue weighted by atomic mass is 9.99. The fourth-order valence-electron chi connectivity index (χ4n) is 4.28. The molecular formula is C27H27N7O3. The third-order valence-corrected chi connectivity index (χ3v) is 6.18. The van der Waals surface area contributed by atoms with E-state index >= 15 is 0 Å². The van der Waals surface area contributed by atoms with E-state index in [9.17, 15) is 9.59 Å². The second-order valence-corrected chi connectivity index (χ2v) is 8.71. The van der Waals surface area contributed by atoms with E-state index in [0.717, 1.165) is 45.9 Å². The van der Waals surface area contributed by atoms with Crippen LogP contribution in [0.2, 0.25) is 0 Å². The zero-order valence-electron chi connectivity index (χ0n) is 20.7. The van der Waals surface area contributed by atoms with E-state index in [1.807, 2.05) is 48.1 Å². The molecule has 37 heavy (non-hydrogen) atoms. The maximum Gasteiger partial charge on any atom is 0.303 e. The average Bonchev–Trinajstić information content (AvgIpc) is 3.37. The van der Waals surface area contributed by atoms with Crippen LogP contribution in [0.1, 0.15) is 25.0 Å². The minimum atomic E-state index is -0.458. The highest BCUT2D eigenvalue weighted by Gasteiger charge is 2.22. The second-order valence-electron chi connectivity index (χ2n) is 8.71. The molecule has 1 N–H and O–H groups in total. The molecule has 0 atom stereocenters. The van der Waals surface area contributed by atoms with Crippen LogP contribution in [0.25, 0.3) is 22.5 Å². The largest absolute Gasteiger partial charge is 0.456 e. The molecule has 3 aromatic heterocycles. The minimum absolute atomic E-state index is 0.190. The predicted octanol–water partition coefficient (Wildman–Crippen LogP) is 3.61. The number of aryl methyl sites for hydroxylation is 1. The molecular weight excluding hydrogens is 470 g/mol. The number of amides is 1. The first-order valence-corrected chi connectivity index (χ1v) is 12.1. The van der Waals surface area contributed by atoms with Gasteiger partial charge in [-0.2, -0.15) is 5.10 Å². The summed E-state index contributed by atoms with van der Waals surface area (Å²) in [5, 5.41) is 8.03. The zero-order chi connectivity index (χ0) is 25.8. The third-order valence-electron chi connectivity index (χ3n) is 6.18. The Kier molecular flexibility index (Phi) is 6.89. The molecule has 4 heterocycles. The second kappa shape index (κ2) is 10.6. The van der Waals surface area contributed by atoms with Crippen LogP contribution in [0.5, 0.6) is 0 Å². The fraction of sp³-hybridized carbons (Fsp3) is 0.259. The molecule has 5 rings (SSSR count). The van der Waals surface area contributed by atoms with Crippen molar-refractivity contribution in [2.75, 3.05) is 18.5 Å². The number of nitrogens with zero attached hydrogens (tertiary/aromatic N) is 6. The van der Waals surface area contributed by atoms with Gasteiger partial charge in [-0.15, -0.1) is 0 Å². The molecule has 0 unspecified atom stereocenters. The van der Waals surface area contributed by atoms with E-state index in [0.29, 0.717) is 25.5 Å². The van der Waals surface area contributed by atoms with Gasteiger partial charge in [0.05, 0.1) is 5.69 Å². The predicted molar refractivity (Wildman–Crippen MR) is 138 cm³/mol. The van der Waals surface area contributed by atoms with Crippen molar-refractivity contribution >= 4 is 23.5 Å². The Labute approximate surface area is 214 Å². The highest BCUT2D eigenvalue weighted by atomic mass is 16.5. The summed E-state index contributed by atoms with van der Waals surface area (Å²) in [5.74, 6) is -0.168. The number of hydrogen-bond donors (Lipinski definition) is 1. The number of carbonyl (C=O) groups excluding carboxylic acids is 2. The highest BCUT2D eigenvalue weighted by Crippen LogP contribution is 2.30. The summed E-state index contributed by atoms with van der Waals surface area (Å²) in [4.78, 5) is 38.4. The molecule has 1 aliphatic rings. The molecule has 1 amide bonds. The van der Waals surface area contributed by atoms with Crippen molar-refractivity contribution in [2.45, 2.75) is 33.4 Å². The summed E-state index contributed by atoms with van der Waals surface area (Å²) in [6, 6.07) is 11.8. The maximum atomic E-state index is 12.3. The third kappa shape index (κ3) is 5.48. The van der Waals surface area contributed by atoms with Gasteiger partial charge in [-0.1, -0.05) is 6.07 Å². The smallest absolute Gasteiger partial charge is 0.303 e. The van der Waals surface area contributed by atoms with E-state index in [4.69, 9.17) is 14.8 Å². The SMILES string of the molecule is CCn1cc(-c2ccnc(Nc3ccc4c(c3)CCN(C(=O)COC(C)=O)C4)n2)c(-c2cccnc2)n1. The van der Waals surface area contributed by atoms with E-state index in [1.54, 1.807) is 23.5 Å². The fourth-order valence-corrected chi connectivity index (χ4v) is 4.28. The summed E-state index contributed by atoms with van der Waals surface area (Å²) >= 11 is 0. The molecule has 188 valence electrons. The number of pyridine rings is 1. The van der Waals surface area contributed by atoms with Crippen molar-refractivity contribution < 1.29 is 14.3 Å². The summed E-state index contributed by atoms with van der Waals surface area (Å²) in [5.41, 5.74) is 6.50. The number of esters is 1. The first-order valence-electron chi connectivity index (χ1n) is 12.1. The maximum absolute atomic E-state index is 12.3. The zero-order valence-corrected chi connectivity index (χ0v) is 20.7. The van der Waals surface area contributed by atoms with Gasteiger partial charge in [0.25, 0.3) is 5.91 Å². The standard InChI is InChI=1S/C27H27N7O3/c1-3-34-16-23(26(32-34)20-5-4-10-28-14-20)24-8-11-29-27(31-24)30-22-7-6-21-15-33(12-9-19(21)13-22)25(36)17-37-18(2)35/h4-8,10-11,13-14,16H,3,9,12,15,17H2,1-2H3,(H,29,30,31). The van der Waals surface area contributed by atoms with Crippen molar-refractivity contribution in [3.63, 3.8) is 0 Å². The molecule has 1 aliphatic heterocycles. The van der Waals surface area contributed by atoms with Gasteiger partial charge in [0.15, 0.2) is 6.61 Å². The number of benzene rings is 1. The van der Waals surface area contributed by atoms with Crippen molar-refractivity contribution in [3.05, 3.63) is 72.3 Å². The number of ether oxygens (including phenoxy) is 1. The van der Waals surface area contributed by atoms with Gasteiger partial charge in [-0.25, -0.2) is 9.97 Å².